The molecule has 1 aromatic carbocycles. The van der Waals surface area contributed by atoms with Crippen LogP contribution in [0.15, 0.2) is 12.1 Å². The topological polar surface area (TPSA) is 56.4 Å². The lowest BCUT2D eigenvalue weighted by Gasteiger charge is -2.30. The minimum atomic E-state index is 0.0580. The molecule has 0 aromatic heterocycles. The zero-order chi connectivity index (χ0) is 17.5. The molecule has 1 fully saturated rings. The second-order valence-electron chi connectivity index (χ2n) is 6.54. The van der Waals surface area contributed by atoms with Crippen LogP contribution in [0.4, 0.5) is 0 Å². The van der Waals surface area contributed by atoms with E-state index in [9.17, 15) is 4.79 Å². The van der Waals surface area contributed by atoms with Crippen molar-refractivity contribution in [1.29, 1.82) is 0 Å². The van der Waals surface area contributed by atoms with Crippen molar-refractivity contribution in [3.8, 4) is 11.5 Å². The van der Waals surface area contributed by atoms with Gasteiger partial charge in [0.1, 0.15) is 32.7 Å². The SMILES string of the molecule is COc1cc(C)c(C[NH+]2CC[NH+](CCNC(C)=O)CC2)cc1OC. The number of aryl methyl sites for hydroxylation is 1. The van der Waals surface area contributed by atoms with Crippen LogP contribution in [0, 0.1) is 6.92 Å². The third-order valence-corrected chi connectivity index (χ3v) is 4.80. The average Bonchev–Trinajstić information content (AvgIpc) is 2.57. The molecular formula is C18H31N3O3+2. The van der Waals surface area contributed by atoms with Gasteiger partial charge in [-0.1, -0.05) is 0 Å². The van der Waals surface area contributed by atoms with E-state index in [1.807, 2.05) is 0 Å². The van der Waals surface area contributed by atoms with Gasteiger partial charge in [-0.05, 0) is 24.6 Å². The van der Waals surface area contributed by atoms with E-state index in [1.165, 1.54) is 11.1 Å². The average molecular weight is 337 g/mol. The normalized spacial score (nSPS) is 20.5. The number of benzene rings is 1. The minimum absolute atomic E-state index is 0.0580. The van der Waals surface area contributed by atoms with Crippen LogP contribution in [0.25, 0.3) is 0 Å². The van der Waals surface area contributed by atoms with Gasteiger partial charge in [0.05, 0.1) is 27.3 Å². The minimum Gasteiger partial charge on any atom is -0.493 e. The fraction of sp³-hybridized carbons (Fsp3) is 0.611. The van der Waals surface area contributed by atoms with Gasteiger partial charge in [-0.2, -0.15) is 0 Å². The number of nitrogens with one attached hydrogen (secondary N) is 3. The number of carbonyl (C=O) groups is 1. The first-order valence-corrected chi connectivity index (χ1v) is 8.66. The number of piperazine rings is 1. The summed E-state index contributed by atoms with van der Waals surface area (Å²) in [4.78, 5) is 14.1. The molecule has 0 atom stereocenters. The van der Waals surface area contributed by atoms with Crippen LogP contribution in [0.5, 0.6) is 11.5 Å². The van der Waals surface area contributed by atoms with Gasteiger partial charge < -0.3 is 24.6 Å². The smallest absolute Gasteiger partial charge is 0.217 e. The number of rotatable bonds is 7. The van der Waals surface area contributed by atoms with Gasteiger partial charge in [0.15, 0.2) is 11.5 Å². The Balaban J connectivity index is 1.86. The van der Waals surface area contributed by atoms with E-state index in [1.54, 1.807) is 30.9 Å². The molecule has 0 radical (unpaired) electrons. The maximum Gasteiger partial charge on any atom is 0.217 e. The molecule has 0 spiro atoms. The van der Waals surface area contributed by atoms with Crippen molar-refractivity contribution in [2.45, 2.75) is 20.4 Å². The number of ether oxygens (including phenoxy) is 2. The fourth-order valence-corrected chi connectivity index (χ4v) is 3.28. The molecule has 1 amide bonds. The molecule has 6 nitrogen and oxygen atoms in total. The second kappa shape index (κ2) is 8.89. The third-order valence-electron chi connectivity index (χ3n) is 4.80. The van der Waals surface area contributed by atoms with Gasteiger partial charge in [-0.3, -0.25) is 4.79 Å². The molecule has 3 N–H and O–H groups in total. The highest BCUT2D eigenvalue weighted by Crippen LogP contribution is 2.29. The maximum atomic E-state index is 10.9. The van der Waals surface area contributed by atoms with E-state index >= 15 is 0 Å². The molecule has 1 saturated heterocycles. The summed E-state index contributed by atoms with van der Waals surface area (Å²) in [6, 6.07) is 4.17. The van der Waals surface area contributed by atoms with Crippen molar-refractivity contribution in [2.75, 3.05) is 53.5 Å². The second-order valence-corrected chi connectivity index (χ2v) is 6.54. The molecule has 0 saturated carbocycles. The van der Waals surface area contributed by atoms with Crippen LogP contribution in [-0.4, -0.2) is 59.4 Å². The lowest BCUT2D eigenvalue weighted by molar-refractivity contribution is -1.02. The van der Waals surface area contributed by atoms with Crippen molar-refractivity contribution in [3.63, 3.8) is 0 Å². The third kappa shape index (κ3) is 5.11. The summed E-state index contributed by atoms with van der Waals surface area (Å²) >= 11 is 0. The van der Waals surface area contributed by atoms with E-state index in [0.717, 1.165) is 57.3 Å². The molecule has 0 bridgehead atoms. The number of quaternary nitrogens is 2. The van der Waals surface area contributed by atoms with Crippen molar-refractivity contribution in [3.05, 3.63) is 23.3 Å². The van der Waals surface area contributed by atoms with E-state index in [4.69, 9.17) is 9.47 Å². The highest BCUT2D eigenvalue weighted by molar-refractivity contribution is 5.72. The molecule has 6 heteroatoms. The molecule has 24 heavy (non-hydrogen) atoms. The van der Waals surface area contributed by atoms with Gasteiger partial charge in [0, 0.05) is 12.5 Å². The molecule has 2 rings (SSSR count). The van der Waals surface area contributed by atoms with Crippen molar-refractivity contribution < 1.29 is 24.1 Å². The van der Waals surface area contributed by atoms with Gasteiger partial charge in [0.25, 0.3) is 0 Å². The van der Waals surface area contributed by atoms with Crippen LogP contribution in [0.2, 0.25) is 0 Å². The zero-order valence-electron chi connectivity index (χ0n) is 15.3. The number of carbonyl (C=O) groups excluding carboxylic acids is 1. The van der Waals surface area contributed by atoms with E-state index in [-0.39, 0.29) is 5.91 Å². The van der Waals surface area contributed by atoms with Gasteiger partial charge in [-0.15, -0.1) is 0 Å². The first-order chi connectivity index (χ1) is 11.5. The van der Waals surface area contributed by atoms with E-state index in [2.05, 4.69) is 24.4 Å². The van der Waals surface area contributed by atoms with Gasteiger partial charge in [0.2, 0.25) is 5.91 Å². The Bertz CT molecular complexity index is 555. The van der Waals surface area contributed by atoms with Crippen molar-refractivity contribution in [2.24, 2.45) is 0 Å². The van der Waals surface area contributed by atoms with Gasteiger partial charge in [-0.25, -0.2) is 0 Å². The van der Waals surface area contributed by atoms with Gasteiger partial charge >= 0.3 is 0 Å². The molecule has 1 heterocycles. The lowest BCUT2D eigenvalue weighted by atomic mass is 10.1. The number of amides is 1. The molecule has 0 aliphatic carbocycles. The van der Waals surface area contributed by atoms with Crippen LogP contribution in [0.3, 0.4) is 0 Å². The predicted molar refractivity (Wildman–Crippen MR) is 92.9 cm³/mol. The molecule has 1 aromatic rings. The first-order valence-electron chi connectivity index (χ1n) is 8.66. The Kier molecular flexibility index (Phi) is 6.87. The summed E-state index contributed by atoms with van der Waals surface area (Å²) < 4.78 is 10.8. The largest absolute Gasteiger partial charge is 0.493 e. The molecule has 134 valence electrons. The Hall–Kier alpha value is -1.79. The summed E-state index contributed by atoms with van der Waals surface area (Å²) in [6.45, 7) is 11.1. The number of hydrogen-bond acceptors (Lipinski definition) is 3. The Labute approximate surface area is 144 Å². The standard InChI is InChI=1S/C18H29N3O3/c1-14-11-17(23-3)18(24-4)12-16(14)13-21-9-7-20(8-10-21)6-5-19-15(2)22/h11-12H,5-10,13H2,1-4H3,(H,19,22)/p+2. The predicted octanol–water partition coefficient (Wildman–Crippen LogP) is -1.57. The lowest BCUT2D eigenvalue weighted by Crippen LogP contribution is -3.27. The quantitative estimate of drug-likeness (QED) is 0.564. The van der Waals surface area contributed by atoms with Crippen LogP contribution in [0.1, 0.15) is 18.1 Å². The number of hydrogen-bond donors (Lipinski definition) is 3. The van der Waals surface area contributed by atoms with Crippen LogP contribution >= 0.6 is 0 Å². The Morgan fingerprint density at radius 2 is 1.67 bits per heavy atom. The van der Waals surface area contributed by atoms with Crippen molar-refractivity contribution in [1.82, 2.24) is 5.32 Å². The molecule has 0 unspecified atom stereocenters. The Morgan fingerprint density at radius 3 is 2.25 bits per heavy atom. The zero-order valence-corrected chi connectivity index (χ0v) is 15.3. The Morgan fingerprint density at radius 1 is 1.08 bits per heavy atom. The molecule has 1 aliphatic heterocycles. The van der Waals surface area contributed by atoms with Crippen LogP contribution in [-0.2, 0) is 11.3 Å². The highest BCUT2D eigenvalue weighted by atomic mass is 16.5. The van der Waals surface area contributed by atoms with Crippen LogP contribution < -0.4 is 24.6 Å². The summed E-state index contributed by atoms with van der Waals surface area (Å²) in [5.41, 5.74) is 2.57. The molecular weight excluding hydrogens is 306 g/mol. The maximum absolute atomic E-state index is 10.9. The van der Waals surface area contributed by atoms with E-state index in [0.29, 0.717) is 0 Å². The van der Waals surface area contributed by atoms with E-state index < -0.39 is 0 Å². The summed E-state index contributed by atoms with van der Waals surface area (Å²) in [5, 5.41) is 2.88. The summed E-state index contributed by atoms with van der Waals surface area (Å²) in [5.74, 6) is 1.65. The fourth-order valence-electron chi connectivity index (χ4n) is 3.28. The summed E-state index contributed by atoms with van der Waals surface area (Å²) in [6.07, 6.45) is 0. The van der Waals surface area contributed by atoms with Crippen molar-refractivity contribution >= 4 is 5.91 Å². The molecule has 1 aliphatic rings. The highest BCUT2D eigenvalue weighted by Gasteiger charge is 2.23. The number of methoxy groups -OCH3 is 2. The monoisotopic (exact) mass is 337 g/mol. The first kappa shape index (κ1) is 18.5. The summed E-state index contributed by atoms with van der Waals surface area (Å²) in [7, 11) is 3.35.